The van der Waals surface area contributed by atoms with Gasteiger partial charge in [0.25, 0.3) is 0 Å². The number of pyridine rings is 1. The number of halogens is 3. The molecule has 0 aliphatic heterocycles. The van der Waals surface area contributed by atoms with Gasteiger partial charge in [0.1, 0.15) is 10.7 Å². The van der Waals surface area contributed by atoms with E-state index in [-0.39, 0.29) is 34.8 Å². The lowest BCUT2D eigenvalue weighted by Gasteiger charge is -2.10. The highest BCUT2D eigenvalue weighted by atomic mass is 32.2. The molecule has 0 saturated heterocycles. The van der Waals surface area contributed by atoms with E-state index in [1.807, 2.05) is 0 Å². The van der Waals surface area contributed by atoms with Crippen LogP contribution in [0.4, 0.5) is 19.0 Å². The molecule has 1 heterocycles. The first-order valence-corrected chi connectivity index (χ1v) is 7.67. The van der Waals surface area contributed by atoms with E-state index in [0.717, 1.165) is 6.26 Å². The molecule has 0 radical (unpaired) electrons. The Balaban J connectivity index is 2.64. The predicted molar refractivity (Wildman–Crippen MR) is 64.3 cm³/mol. The Kier molecular flexibility index (Phi) is 4.85. The molecule has 4 nitrogen and oxygen atoms in total. The molecule has 0 unspecified atom stereocenters. The fourth-order valence-electron chi connectivity index (χ4n) is 1.16. The molecule has 1 N–H and O–H groups in total. The number of hydrogen-bond acceptors (Lipinski definition) is 5. The van der Waals surface area contributed by atoms with Gasteiger partial charge in [-0.1, -0.05) is 0 Å². The lowest BCUT2D eigenvalue weighted by atomic mass is 10.4. The minimum Gasteiger partial charge on any atom is -0.368 e. The van der Waals surface area contributed by atoms with Crippen molar-refractivity contribution in [2.24, 2.45) is 0 Å². The predicted octanol–water partition coefficient (Wildman–Crippen LogP) is 2.15. The molecule has 0 atom stereocenters. The van der Waals surface area contributed by atoms with Crippen molar-refractivity contribution in [3.05, 3.63) is 18.3 Å². The zero-order valence-corrected chi connectivity index (χ0v) is 11.0. The standard InChI is InChI=1S/C9H11F3N2O2S2/c1-18(15,16)7-3-2-4-13-8(7)14-5-6-17-9(10,11)12/h2-4H,5-6H2,1H3,(H,13,14). The Bertz CT molecular complexity index is 503. The molecule has 0 aromatic carbocycles. The second-order valence-corrected chi connectivity index (χ2v) is 6.49. The monoisotopic (exact) mass is 300 g/mol. The smallest absolute Gasteiger partial charge is 0.368 e. The van der Waals surface area contributed by atoms with Gasteiger partial charge in [0.2, 0.25) is 0 Å². The van der Waals surface area contributed by atoms with Gasteiger partial charge >= 0.3 is 5.51 Å². The van der Waals surface area contributed by atoms with Gasteiger partial charge in [-0.05, 0) is 23.9 Å². The van der Waals surface area contributed by atoms with Crippen molar-refractivity contribution in [1.29, 1.82) is 0 Å². The molecule has 9 heteroatoms. The molecule has 0 bridgehead atoms. The topological polar surface area (TPSA) is 59.1 Å². The average Bonchev–Trinajstić information content (AvgIpc) is 2.22. The summed E-state index contributed by atoms with van der Waals surface area (Å²) in [6, 6.07) is 2.80. The molecule has 102 valence electrons. The molecule has 0 spiro atoms. The van der Waals surface area contributed by atoms with E-state index in [1.165, 1.54) is 18.3 Å². The second kappa shape index (κ2) is 5.79. The van der Waals surface area contributed by atoms with E-state index in [9.17, 15) is 21.6 Å². The van der Waals surface area contributed by atoms with Crippen LogP contribution in [0, 0.1) is 0 Å². The Hall–Kier alpha value is -0.960. The number of aromatic nitrogens is 1. The molecule has 0 aliphatic rings. The molecule has 1 rings (SSSR count). The largest absolute Gasteiger partial charge is 0.441 e. The van der Waals surface area contributed by atoms with Crippen molar-refractivity contribution < 1.29 is 21.6 Å². The highest BCUT2D eigenvalue weighted by Crippen LogP contribution is 2.29. The summed E-state index contributed by atoms with van der Waals surface area (Å²) in [5, 5.41) is 2.58. The summed E-state index contributed by atoms with van der Waals surface area (Å²) in [6.07, 6.45) is 2.38. The fourth-order valence-corrected chi connectivity index (χ4v) is 2.40. The van der Waals surface area contributed by atoms with Crippen LogP contribution in [0.5, 0.6) is 0 Å². The number of nitrogens with one attached hydrogen (secondary N) is 1. The summed E-state index contributed by atoms with van der Waals surface area (Å²) in [5.41, 5.74) is -4.29. The van der Waals surface area contributed by atoms with E-state index in [0.29, 0.717) is 0 Å². The highest BCUT2D eigenvalue weighted by molar-refractivity contribution is 8.00. The Morgan fingerprint density at radius 2 is 2.11 bits per heavy atom. The molecule has 1 aromatic heterocycles. The number of rotatable bonds is 5. The van der Waals surface area contributed by atoms with Gasteiger partial charge in [0.15, 0.2) is 9.84 Å². The first-order valence-electron chi connectivity index (χ1n) is 4.80. The van der Waals surface area contributed by atoms with E-state index < -0.39 is 15.3 Å². The molecule has 0 saturated carbocycles. The maximum absolute atomic E-state index is 11.9. The minimum atomic E-state index is -4.29. The molecule has 1 aromatic rings. The zero-order valence-electron chi connectivity index (χ0n) is 9.36. The summed E-state index contributed by atoms with van der Waals surface area (Å²) in [7, 11) is -3.45. The third-order valence-corrected chi connectivity index (χ3v) is 3.69. The number of sulfone groups is 1. The summed E-state index contributed by atoms with van der Waals surface area (Å²) < 4.78 is 58.4. The Morgan fingerprint density at radius 3 is 2.67 bits per heavy atom. The Labute approximate surface area is 107 Å². The zero-order chi connectivity index (χ0) is 13.8. The van der Waals surface area contributed by atoms with Crippen LogP contribution in [0.2, 0.25) is 0 Å². The van der Waals surface area contributed by atoms with Gasteiger partial charge in [0.05, 0.1) is 0 Å². The normalized spacial score (nSPS) is 12.4. The van der Waals surface area contributed by atoms with Crippen LogP contribution < -0.4 is 5.32 Å². The summed E-state index contributed by atoms with van der Waals surface area (Å²) in [6.45, 7) is -0.0241. The van der Waals surface area contributed by atoms with Crippen LogP contribution in [0.3, 0.4) is 0 Å². The number of hydrogen-bond donors (Lipinski definition) is 1. The molecule has 18 heavy (non-hydrogen) atoms. The maximum atomic E-state index is 11.9. The highest BCUT2D eigenvalue weighted by Gasteiger charge is 2.27. The van der Waals surface area contributed by atoms with Crippen LogP contribution >= 0.6 is 11.8 Å². The fraction of sp³-hybridized carbons (Fsp3) is 0.444. The molecule has 0 fully saturated rings. The van der Waals surface area contributed by atoms with Gasteiger partial charge in [-0.3, -0.25) is 0 Å². The van der Waals surface area contributed by atoms with Crippen LogP contribution in [0.25, 0.3) is 0 Å². The van der Waals surface area contributed by atoms with Crippen LogP contribution in [-0.2, 0) is 9.84 Å². The maximum Gasteiger partial charge on any atom is 0.441 e. The van der Waals surface area contributed by atoms with Gasteiger partial charge in [0, 0.05) is 24.8 Å². The molecular weight excluding hydrogens is 289 g/mol. The quantitative estimate of drug-likeness (QED) is 0.844. The van der Waals surface area contributed by atoms with Crippen LogP contribution in [-0.4, -0.2) is 37.5 Å². The number of thioether (sulfide) groups is 1. The van der Waals surface area contributed by atoms with Crippen LogP contribution in [0.15, 0.2) is 23.2 Å². The van der Waals surface area contributed by atoms with Crippen molar-refractivity contribution >= 4 is 27.4 Å². The van der Waals surface area contributed by atoms with Gasteiger partial charge < -0.3 is 5.32 Å². The minimum absolute atomic E-state index is 0.0241. The number of anilines is 1. The third-order valence-electron chi connectivity index (χ3n) is 1.83. The van der Waals surface area contributed by atoms with E-state index in [1.54, 1.807) is 0 Å². The average molecular weight is 300 g/mol. The van der Waals surface area contributed by atoms with Crippen molar-refractivity contribution in [3.8, 4) is 0 Å². The first-order chi connectivity index (χ1) is 8.20. The lowest BCUT2D eigenvalue weighted by Crippen LogP contribution is -2.12. The van der Waals surface area contributed by atoms with Crippen molar-refractivity contribution in [1.82, 2.24) is 4.98 Å². The van der Waals surface area contributed by atoms with E-state index in [2.05, 4.69) is 10.3 Å². The first kappa shape index (κ1) is 15.1. The van der Waals surface area contributed by atoms with E-state index in [4.69, 9.17) is 0 Å². The molecule has 0 amide bonds. The second-order valence-electron chi connectivity index (χ2n) is 3.34. The number of alkyl halides is 3. The van der Waals surface area contributed by atoms with E-state index >= 15 is 0 Å². The van der Waals surface area contributed by atoms with Gasteiger partial charge in [-0.25, -0.2) is 13.4 Å². The third kappa shape index (κ3) is 5.13. The van der Waals surface area contributed by atoms with Crippen molar-refractivity contribution in [3.63, 3.8) is 0 Å². The summed E-state index contributed by atoms with van der Waals surface area (Å²) in [5.74, 6) is -0.147. The summed E-state index contributed by atoms with van der Waals surface area (Å²) in [4.78, 5) is 3.77. The lowest BCUT2D eigenvalue weighted by molar-refractivity contribution is -0.0327. The molecule has 0 aliphatic carbocycles. The van der Waals surface area contributed by atoms with Gasteiger partial charge in [-0.2, -0.15) is 13.2 Å². The van der Waals surface area contributed by atoms with Crippen LogP contribution in [0.1, 0.15) is 0 Å². The Morgan fingerprint density at radius 1 is 1.44 bits per heavy atom. The van der Waals surface area contributed by atoms with Gasteiger partial charge in [-0.15, -0.1) is 0 Å². The SMILES string of the molecule is CS(=O)(=O)c1cccnc1NCCSC(F)(F)F. The van der Waals surface area contributed by atoms with Crippen molar-refractivity contribution in [2.75, 3.05) is 23.9 Å². The molecular formula is C9H11F3N2O2S2. The number of nitrogens with zero attached hydrogens (tertiary/aromatic N) is 1. The van der Waals surface area contributed by atoms with Crippen molar-refractivity contribution in [2.45, 2.75) is 10.4 Å². The summed E-state index contributed by atoms with van der Waals surface area (Å²) >= 11 is -0.174.